The molecule has 0 unspecified atom stereocenters. The van der Waals surface area contributed by atoms with Crippen molar-refractivity contribution in [1.29, 1.82) is 0 Å². The zero-order valence-electron chi connectivity index (χ0n) is 6.68. The predicted octanol–water partition coefficient (Wildman–Crippen LogP) is 0.877. The lowest BCUT2D eigenvalue weighted by atomic mass is 10.2. The van der Waals surface area contributed by atoms with E-state index < -0.39 is 0 Å². The van der Waals surface area contributed by atoms with E-state index in [2.05, 4.69) is 15.1 Å². The minimum absolute atomic E-state index is 0.859. The normalized spacial score (nSPS) is 10.1. The molecule has 0 atom stereocenters. The number of aromatic nitrogens is 4. The Morgan fingerprint density at radius 2 is 2.00 bits per heavy atom. The Labute approximate surface area is 69.9 Å². The maximum Gasteiger partial charge on any atom is 0.157 e. The first-order valence-electron chi connectivity index (χ1n) is 3.62. The summed E-state index contributed by atoms with van der Waals surface area (Å²) in [5.41, 5.74) is 1.03. The summed E-state index contributed by atoms with van der Waals surface area (Å²) < 4.78 is 1.73. The molecule has 0 radical (unpaired) electrons. The van der Waals surface area contributed by atoms with E-state index in [4.69, 9.17) is 0 Å². The second-order valence-electron chi connectivity index (χ2n) is 2.44. The molecule has 60 valence electrons. The van der Waals surface area contributed by atoms with Crippen LogP contribution in [0.3, 0.4) is 0 Å². The lowest BCUT2D eigenvalue weighted by molar-refractivity contribution is 0.774. The Balaban J connectivity index is 2.51. The number of nitrogens with zero attached hydrogens (tertiary/aromatic N) is 4. The number of hydrogen-bond acceptors (Lipinski definition) is 3. The molecule has 2 aromatic rings. The van der Waals surface area contributed by atoms with Gasteiger partial charge in [0.05, 0.1) is 0 Å². The molecular formula is C8H8N4. The first kappa shape index (κ1) is 6.97. The Kier molecular flexibility index (Phi) is 1.59. The van der Waals surface area contributed by atoms with Crippen LogP contribution in [-0.2, 0) is 7.05 Å². The van der Waals surface area contributed by atoms with Crippen molar-refractivity contribution in [3.05, 3.63) is 30.9 Å². The molecule has 0 aliphatic heterocycles. The number of hydrogen-bond donors (Lipinski definition) is 0. The van der Waals surface area contributed by atoms with Crippen LogP contribution < -0.4 is 0 Å². The molecule has 2 aromatic heterocycles. The van der Waals surface area contributed by atoms with Gasteiger partial charge < -0.3 is 0 Å². The van der Waals surface area contributed by atoms with E-state index in [1.165, 1.54) is 6.33 Å². The van der Waals surface area contributed by atoms with Gasteiger partial charge in [-0.1, -0.05) is 0 Å². The summed E-state index contributed by atoms with van der Waals surface area (Å²) in [6, 6.07) is 3.81. The lowest BCUT2D eigenvalue weighted by Gasteiger charge is -1.97. The second-order valence-corrected chi connectivity index (χ2v) is 2.44. The summed E-state index contributed by atoms with van der Waals surface area (Å²) in [7, 11) is 1.86. The van der Waals surface area contributed by atoms with Crippen LogP contribution in [0.1, 0.15) is 0 Å². The topological polar surface area (TPSA) is 43.6 Å². The van der Waals surface area contributed by atoms with E-state index in [1.807, 2.05) is 19.2 Å². The van der Waals surface area contributed by atoms with Gasteiger partial charge in [-0.2, -0.15) is 5.10 Å². The summed E-state index contributed by atoms with van der Waals surface area (Å²) >= 11 is 0. The van der Waals surface area contributed by atoms with Gasteiger partial charge in [0.1, 0.15) is 6.33 Å². The summed E-state index contributed by atoms with van der Waals surface area (Å²) in [6.07, 6.45) is 5.02. The van der Waals surface area contributed by atoms with Gasteiger partial charge in [0.2, 0.25) is 0 Å². The van der Waals surface area contributed by atoms with Crippen LogP contribution in [0.25, 0.3) is 11.4 Å². The fourth-order valence-corrected chi connectivity index (χ4v) is 1.06. The third kappa shape index (κ3) is 1.07. The van der Waals surface area contributed by atoms with Crippen LogP contribution >= 0.6 is 0 Å². The van der Waals surface area contributed by atoms with Crippen molar-refractivity contribution in [1.82, 2.24) is 19.7 Å². The summed E-state index contributed by atoms with van der Waals surface area (Å²) in [4.78, 5) is 8.04. The number of pyridine rings is 1. The molecule has 0 aliphatic carbocycles. The van der Waals surface area contributed by atoms with Crippen LogP contribution in [0, 0.1) is 0 Å². The monoisotopic (exact) mass is 160 g/mol. The van der Waals surface area contributed by atoms with E-state index >= 15 is 0 Å². The van der Waals surface area contributed by atoms with E-state index in [9.17, 15) is 0 Å². The average Bonchev–Trinajstić information content (AvgIpc) is 2.53. The SMILES string of the molecule is Cn1ncnc1-c1ccncc1. The molecule has 2 heterocycles. The van der Waals surface area contributed by atoms with E-state index in [-0.39, 0.29) is 0 Å². The van der Waals surface area contributed by atoms with Crippen LogP contribution in [-0.4, -0.2) is 19.7 Å². The highest BCUT2D eigenvalue weighted by Crippen LogP contribution is 2.12. The molecular weight excluding hydrogens is 152 g/mol. The van der Waals surface area contributed by atoms with Crippen molar-refractivity contribution >= 4 is 0 Å². The van der Waals surface area contributed by atoms with Gasteiger partial charge in [-0.25, -0.2) is 9.67 Å². The first-order chi connectivity index (χ1) is 5.88. The molecule has 4 nitrogen and oxygen atoms in total. The third-order valence-electron chi connectivity index (χ3n) is 1.65. The standard InChI is InChI=1S/C8H8N4/c1-12-8(10-6-11-12)7-2-4-9-5-3-7/h2-6H,1H3. The summed E-state index contributed by atoms with van der Waals surface area (Å²) in [6.45, 7) is 0. The molecule has 0 N–H and O–H groups in total. The molecule has 0 spiro atoms. The summed E-state index contributed by atoms with van der Waals surface area (Å²) in [5, 5.41) is 3.98. The Morgan fingerprint density at radius 1 is 1.25 bits per heavy atom. The van der Waals surface area contributed by atoms with Gasteiger partial charge in [-0.15, -0.1) is 0 Å². The Hall–Kier alpha value is -1.71. The number of aryl methyl sites for hydroxylation is 1. The molecule has 0 bridgehead atoms. The molecule has 0 aliphatic rings. The minimum Gasteiger partial charge on any atom is -0.265 e. The molecule has 0 aromatic carbocycles. The van der Waals surface area contributed by atoms with E-state index in [1.54, 1.807) is 17.1 Å². The Morgan fingerprint density at radius 3 is 2.58 bits per heavy atom. The van der Waals surface area contributed by atoms with Crippen molar-refractivity contribution in [2.75, 3.05) is 0 Å². The maximum absolute atomic E-state index is 4.11. The Bertz CT molecular complexity index is 366. The molecule has 0 saturated carbocycles. The van der Waals surface area contributed by atoms with Crippen molar-refractivity contribution in [3.63, 3.8) is 0 Å². The predicted molar refractivity (Wildman–Crippen MR) is 44.2 cm³/mol. The fourth-order valence-electron chi connectivity index (χ4n) is 1.06. The minimum atomic E-state index is 0.859. The van der Waals surface area contributed by atoms with E-state index in [0.29, 0.717) is 0 Å². The first-order valence-corrected chi connectivity index (χ1v) is 3.62. The van der Waals surface area contributed by atoms with Crippen molar-refractivity contribution in [3.8, 4) is 11.4 Å². The molecule has 0 fully saturated rings. The van der Waals surface area contributed by atoms with Crippen LogP contribution in [0.2, 0.25) is 0 Å². The highest BCUT2D eigenvalue weighted by molar-refractivity contribution is 5.53. The fraction of sp³-hybridized carbons (Fsp3) is 0.125. The highest BCUT2D eigenvalue weighted by Gasteiger charge is 2.01. The molecule has 2 rings (SSSR count). The lowest BCUT2D eigenvalue weighted by Crippen LogP contribution is -1.93. The molecule has 4 heteroatoms. The van der Waals surface area contributed by atoms with Gasteiger partial charge in [-0.05, 0) is 12.1 Å². The van der Waals surface area contributed by atoms with Gasteiger partial charge in [0.15, 0.2) is 5.82 Å². The van der Waals surface area contributed by atoms with Gasteiger partial charge in [-0.3, -0.25) is 4.98 Å². The van der Waals surface area contributed by atoms with Crippen LogP contribution in [0.4, 0.5) is 0 Å². The molecule has 0 amide bonds. The zero-order valence-corrected chi connectivity index (χ0v) is 6.68. The van der Waals surface area contributed by atoms with Crippen molar-refractivity contribution < 1.29 is 0 Å². The largest absolute Gasteiger partial charge is 0.265 e. The average molecular weight is 160 g/mol. The van der Waals surface area contributed by atoms with Crippen LogP contribution in [0.15, 0.2) is 30.9 Å². The smallest absolute Gasteiger partial charge is 0.157 e. The van der Waals surface area contributed by atoms with Crippen molar-refractivity contribution in [2.24, 2.45) is 7.05 Å². The quantitative estimate of drug-likeness (QED) is 0.622. The molecule has 0 saturated heterocycles. The van der Waals surface area contributed by atoms with Gasteiger partial charge >= 0.3 is 0 Å². The van der Waals surface area contributed by atoms with Crippen LogP contribution in [0.5, 0.6) is 0 Å². The third-order valence-corrected chi connectivity index (χ3v) is 1.65. The maximum atomic E-state index is 4.11. The van der Waals surface area contributed by atoms with Gasteiger partial charge in [0, 0.05) is 25.0 Å². The van der Waals surface area contributed by atoms with E-state index in [0.717, 1.165) is 11.4 Å². The van der Waals surface area contributed by atoms with Crippen molar-refractivity contribution in [2.45, 2.75) is 0 Å². The molecule has 12 heavy (non-hydrogen) atoms. The second kappa shape index (κ2) is 2.73. The highest BCUT2D eigenvalue weighted by atomic mass is 15.3. The zero-order chi connectivity index (χ0) is 8.39. The summed E-state index contributed by atoms with van der Waals surface area (Å²) in [5.74, 6) is 0.859. The van der Waals surface area contributed by atoms with Gasteiger partial charge in [0.25, 0.3) is 0 Å². The number of rotatable bonds is 1.